The molecule has 10 heteroatoms. The van der Waals surface area contributed by atoms with Crippen LogP contribution >= 0.6 is 0 Å². The summed E-state index contributed by atoms with van der Waals surface area (Å²) in [6.45, 7) is 1.29. The van der Waals surface area contributed by atoms with E-state index >= 15 is 0 Å². The fraction of sp³-hybridized carbons (Fsp3) is 0.400. The van der Waals surface area contributed by atoms with E-state index in [1.165, 1.54) is 6.92 Å². The van der Waals surface area contributed by atoms with E-state index in [1.54, 1.807) is 0 Å². The summed E-state index contributed by atoms with van der Waals surface area (Å²) in [5.41, 5.74) is 4.12. The van der Waals surface area contributed by atoms with Gasteiger partial charge in [0.1, 0.15) is 0 Å². The lowest BCUT2D eigenvalue weighted by Gasteiger charge is -2.10. The Balaban J connectivity index is 3.26. The zero-order chi connectivity index (χ0) is 15.5. The fourth-order valence-electron chi connectivity index (χ4n) is 1.46. The van der Waals surface area contributed by atoms with Crippen molar-refractivity contribution in [3.05, 3.63) is 44.0 Å². The topological polar surface area (TPSA) is 146 Å². The maximum atomic E-state index is 11.9. The lowest BCUT2D eigenvalue weighted by atomic mass is 10.2. The molecule has 0 radical (unpaired) electrons. The minimum atomic E-state index is -3.65. The van der Waals surface area contributed by atoms with Crippen molar-refractivity contribution >= 4 is 21.2 Å². The van der Waals surface area contributed by atoms with E-state index in [-0.39, 0.29) is 12.1 Å². The molecule has 0 bridgehead atoms. The highest BCUT2D eigenvalue weighted by Gasteiger charge is 2.26. The molecule has 110 valence electrons. The van der Waals surface area contributed by atoms with E-state index in [0.29, 0.717) is 0 Å². The van der Waals surface area contributed by atoms with Gasteiger partial charge in [0, 0.05) is 18.2 Å². The summed E-state index contributed by atoms with van der Waals surface area (Å²) in [5.74, 6) is -0.584. The summed E-state index contributed by atoms with van der Waals surface area (Å²) in [7, 11) is -3.65. The Labute approximate surface area is 114 Å². The van der Waals surface area contributed by atoms with Gasteiger partial charge in [0.15, 0.2) is 9.84 Å². The number of rotatable bonds is 6. The van der Waals surface area contributed by atoms with Crippen LogP contribution in [0.1, 0.15) is 12.5 Å². The number of benzene rings is 1. The molecule has 0 saturated carbocycles. The minimum absolute atomic E-state index is 0.0964. The molecular formula is C10H13N3O6S. The Morgan fingerprint density at radius 3 is 2.30 bits per heavy atom. The summed E-state index contributed by atoms with van der Waals surface area (Å²) in [6, 6.07) is 2.86. The summed E-state index contributed by atoms with van der Waals surface area (Å²) >= 11 is 0. The van der Waals surface area contributed by atoms with Gasteiger partial charge >= 0.3 is 0 Å². The van der Waals surface area contributed by atoms with Gasteiger partial charge in [-0.1, -0.05) is 0 Å². The highest BCUT2D eigenvalue weighted by Crippen LogP contribution is 2.26. The van der Waals surface area contributed by atoms with Gasteiger partial charge in [-0.15, -0.1) is 0 Å². The normalized spacial score (nSPS) is 12.9. The van der Waals surface area contributed by atoms with Crippen LogP contribution in [0.2, 0.25) is 0 Å². The largest absolute Gasteiger partial charge is 0.329 e. The first-order chi connectivity index (χ1) is 9.19. The van der Waals surface area contributed by atoms with Crippen molar-refractivity contribution in [2.75, 3.05) is 6.54 Å². The first kappa shape index (κ1) is 16.0. The second-order valence-electron chi connectivity index (χ2n) is 4.18. The molecule has 0 amide bonds. The van der Waals surface area contributed by atoms with Crippen LogP contribution < -0.4 is 5.73 Å². The number of nitro benzene ring substituents is 2. The van der Waals surface area contributed by atoms with Crippen molar-refractivity contribution < 1.29 is 18.3 Å². The fourth-order valence-corrected chi connectivity index (χ4v) is 2.72. The lowest BCUT2D eigenvalue weighted by Crippen LogP contribution is -2.27. The van der Waals surface area contributed by atoms with Crippen molar-refractivity contribution in [1.29, 1.82) is 0 Å². The number of hydrogen-bond donors (Lipinski definition) is 1. The number of non-ortho nitro benzene ring substituents is 1. The number of nitrogens with two attached hydrogens (primary N) is 1. The van der Waals surface area contributed by atoms with Gasteiger partial charge < -0.3 is 5.73 Å². The van der Waals surface area contributed by atoms with Crippen molar-refractivity contribution in [3.63, 3.8) is 0 Å². The Bertz CT molecular complexity index is 642. The molecule has 0 aliphatic carbocycles. The van der Waals surface area contributed by atoms with Crippen LogP contribution in [0.25, 0.3) is 0 Å². The molecule has 0 aliphatic heterocycles. The van der Waals surface area contributed by atoms with Gasteiger partial charge in [0.2, 0.25) is 0 Å². The lowest BCUT2D eigenvalue weighted by molar-refractivity contribution is -0.394. The van der Waals surface area contributed by atoms with Gasteiger partial charge in [0.25, 0.3) is 11.4 Å². The van der Waals surface area contributed by atoms with E-state index < -0.39 is 42.1 Å². The van der Waals surface area contributed by atoms with Crippen LogP contribution in [-0.2, 0) is 15.6 Å². The van der Waals surface area contributed by atoms with Gasteiger partial charge in [-0.3, -0.25) is 20.2 Å². The number of sulfone groups is 1. The summed E-state index contributed by atoms with van der Waals surface area (Å²) < 4.78 is 23.8. The first-order valence-electron chi connectivity index (χ1n) is 5.52. The van der Waals surface area contributed by atoms with E-state index in [2.05, 4.69) is 0 Å². The molecule has 20 heavy (non-hydrogen) atoms. The predicted molar refractivity (Wildman–Crippen MR) is 70.9 cm³/mol. The third-order valence-corrected chi connectivity index (χ3v) is 4.91. The summed E-state index contributed by atoms with van der Waals surface area (Å²) in [4.78, 5) is 19.8. The molecule has 0 heterocycles. The van der Waals surface area contributed by atoms with Crippen LogP contribution in [0.3, 0.4) is 0 Å². The molecular weight excluding hydrogens is 290 g/mol. The highest BCUT2D eigenvalue weighted by atomic mass is 32.2. The third-order valence-electron chi connectivity index (χ3n) is 2.78. The monoisotopic (exact) mass is 303 g/mol. The molecule has 9 nitrogen and oxygen atoms in total. The molecule has 0 aliphatic rings. The van der Waals surface area contributed by atoms with Crippen LogP contribution in [0, 0.1) is 20.2 Å². The molecule has 0 fully saturated rings. The zero-order valence-corrected chi connectivity index (χ0v) is 11.4. The van der Waals surface area contributed by atoms with E-state index in [9.17, 15) is 28.6 Å². The van der Waals surface area contributed by atoms with Crippen LogP contribution in [-0.4, -0.2) is 30.1 Å². The van der Waals surface area contributed by atoms with Crippen molar-refractivity contribution in [2.24, 2.45) is 5.73 Å². The molecule has 1 rings (SSSR count). The van der Waals surface area contributed by atoms with E-state index in [4.69, 9.17) is 5.73 Å². The smallest absolute Gasteiger partial charge is 0.280 e. The third kappa shape index (κ3) is 3.48. The van der Waals surface area contributed by atoms with Crippen molar-refractivity contribution in [2.45, 2.75) is 17.9 Å². The maximum absolute atomic E-state index is 11.9. The van der Waals surface area contributed by atoms with Crippen molar-refractivity contribution in [3.8, 4) is 0 Å². The Morgan fingerprint density at radius 1 is 1.25 bits per heavy atom. The average molecular weight is 303 g/mol. The standard InChI is InChI=1S/C10H13N3O6S/c1-7(5-11)20(18,19)6-8-2-3-9(12(14)15)4-10(8)13(16)17/h2-4,7H,5-6,11H2,1H3. The molecule has 0 aromatic heterocycles. The Hall–Kier alpha value is -2.07. The second kappa shape index (κ2) is 5.92. The Morgan fingerprint density at radius 2 is 1.85 bits per heavy atom. The number of hydrogen-bond acceptors (Lipinski definition) is 7. The molecule has 1 unspecified atom stereocenters. The summed E-state index contributed by atoms with van der Waals surface area (Å²) in [5, 5.41) is 20.6. The molecule has 1 aromatic rings. The zero-order valence-electron chi connectivity index (χ0n) is 10.6. The SMILES string of the molecule is CC(CN)S(=O)(=O)Cc1ccc([N+](=O)[O-])cc1[N+](=O)[O-]. The molecule has 1 aromatic carbocycles. The maximum Gasteiger partial charge on any atom is 0.280 e. The molecule has 2 N–H and O–H groups in total. The average Bonchev–Trinajstić information content (AvgIpc) is 2.37. The van der Waals surface area contributed by atoms with Gasteiger partial charge in [-0.05, 0) is 13.0 Å². The minimum Gasteiger partial charge on any atom is -0.329 e. The molecule has 0 spiro atoms. The van der Waals surface area contributed by atoms with E-state index in [0.717, 1.165) is 18.2 Å². The first-order valence-corrected chi connectivity index (χ1v) is 7.24. The highest BCUT2D eigenvalue weighted by molar-refractivity contribution is 7.91. The Kier molecular flexibility index (Phi) is 4.73. The predicted octanol–water partition coefficient (Wildman–Crippen LogP) is 0.765. The van der Waals surface area contributed by atoms with Crippen LogP contribution in [0.5, 0.6) is 0 Å². The van der Waals surface area contributed by atoms with Gasteiger partial charge in [-0.2, -0.15) is 0 Å². The van der Waals surface area contributed by atoms with Gasteiger partial charge in [0.05, 0.1) is 26.9 Å². The molecule has 0 saturated heterocycles. The van der Waals surface area contributed by atoms with Crippen LogP contribution in [0.15, 0.2) is 18.2 Å². The quantitative estimate of drug-likeness (QED) is 0.602. The van der Waals surface area contributed by atoms with Crippen LogP contribution in [0.4, 0.5) is 11.4 Å². The molecule has 1 atom stereocenters. The second-order valence-corrected chi connectivity index (χ2v) is 6.60. The summed E-state index contributed by atoms with van der Waals surface area (Å²) in [6.07, 6.45) is 0. The van der Waals surface area contributed by atoms with Gasteiger partial charge in [-0.25, -0.2) is 8.42 Å². The number of nitro groups is 2. The van der Waals surface area contributed by atoms with Crippen molar-refractivity contribution in [1.82, 2.24) is 0 Å². The van der Waals surface area contributed by atoms with E-state index in [1.807, 2.05) is 0 Å². The number of nitrogens with zero attached hydrogens (tertiary/aromatic N) is 2.